The van der Waals surface area contributed by atoms with Crippen molar-refractivity contribution in [1.82, 2.24) is 0 Å². The molecule has 1 aliphatic rings. The molecule has 1 fully saturated rings. The van der Waals surface area contributed by atoms with E-state index < -0.39 is 18.0 Å². The number of hydrogen-bond donors (Lipinski definition) is 2. The van der Waals surface area contributed by atoms with Gasteiger partial charge in [-0.15, -0.1) is 0 Å². The van der Waals surface area contributed by atoms with Gasteiger partial charge in [0.05, 0.1) is 6.10 Å². The lowest BCUT2D eigenvalue weighted by Gasteiger charge is -2.45. The van der Waals surface area contributed by atoms with Crippen LogP contribution in [0.1, 0.15) is 33.1 Å². The first-order valence-electron chi connectivity index (χ1n) is 5.12. The normalized spacial score (nSPS) is 43.9. The summed E-state index contributed by atoms with van der Waals surface area (Å²) in [5.74, 6) is 0. The molecule has 0 amide bonds. The summed E-state index contributed by atoms with van der Waals surface area (Å²) in [7, 11) is 1.57. The van der Waals surface area contributed by atoms with E-state index in [0.717, 1.165) is 12.8 Å². The van der Waals surface area contributed by atoms with E-state index in [1.165, 1.54) is 0 Å². The summed E-state index contributed by atoms with van der Waals surface area (Å²) in [6.45, 7) is 3.77. The zero-order valence-corrected chi connectivity index (χ0v) is 9.06. The summed E-state index contributed by atoms with van der Waals surface area (Å²) in [5, 5.41) is 19.5. The SMILES string of the molecule is CCCC1(OC)CC(O)OC(C)C1O. The van der Waals surface area contributed by atoms with E-state index in [2.05, 4.69) is 0 Å². The number of hydrogen-bond acceptors (Lipinski definition) is 4. The molecule has 4 unspecified atom stereocenters. The van der Waals surface area contributed by atoms with Crippen molar-refractivity contribution < 1.29 is 19.7 Å². The molecule has 84 valence electrons. The van der Waals surface area contributed by atoms with Gasteiger partial charge in [0, 0.05) is 13.5 Å². The van der Waals surface area contributed by atoms with E-state index >= 15 is 0 Å². The van der Waals surface area contributed by atoms with E-state index in [4.69, 9.17) is 9.47 Å². The van der Waals surface area contributed by atoms with Crippen LogP contribution in [0.4, 0.5) is 0 Å². The molecule has 1 saturated heterocycles. The Labute approximate surface area is 84.8 Å². The molecule has 4 heteroatoms. The lowest BCUT2D eigenvalue weighted by molar-refractivity contribution is -0.270. The smallest absolute Gasteiger partial charge is 0.157 e. The summed E-state index contributed by atoms with van der Waals surface area (Å²) >= 11 is 0. The first kappa shape index (κ1) is 11.9. The second kappa shape index (κ2) is 4.57. The van der Waals surface area contributed by atoms with E-state index in [1.54, 1.807) is 14.0 Å². The number of rotatable bonds is 3. The Morgan fingerprint density at radius 3 is 2.64 bits per heavy atom. The molecule has 4 atom stereocenters. The average molecular weight is 204 g/mol. The Morgan fingerprint density at radius 2 is 2.14 bits per heavy atom. The lowest BCUT2D eigenvalue weighted by atomic mass is 9.83. The molecule has 4 nitrogen and oxygen atoms in total. The summed E-state index contributed by atoms with van der Waals surface area (Å²) in [6, 6.07) is 0. The van der Waals surface area contributed by atoms with Crippen molar-refractivity contribution in [1.29, 1.82) is 0 Å². The van der Waals surface area contributed by atoms with Crippen molar-refractivity contribution >= 4 is 0 Å². The maximum Gasteiger partial charge on any atom is 0.157 e. The summed E-state index contributed by atoms with van der Waals surface area (Å²) in [5.41, 5.74) is -0.647. The second-order valence-electron chi connectivity index (χ2n) is 3.96. The average Bonchev–Trinajstić information content (AvgIpc) is 2.14. The summed E-state index contributed by atoms with van der Waals surface area (Å²) < 4.78 is 10.5. The van der Waals surface area contributed by atoms with Crippen LogP contribution < -0.4 is 0 Å². The van der Waals surface area contributed by atoms with Crippen molar-refractivity contribution in [3.05, 3.63) is 0 Å². The highest BCUT2D eigenvalue weighted by molar-refractivity contribution is 4.95. The third kappa shape index (κ3) is 2.08. The summed E-state index contributed by atoms with van der Waals surface area (Å²) in [6.07, 6.45) is 0.0869. The van der Waals surface area contributed by atoms with Gasteiger partial charge in [0.2, 0.25) is 0 Å². The molecular formula is C10H20O4. The van der Waals surface area contributed by atoms with Crippen LogP contribution in [-0.4, -0.2) is 41.4 Å². The molecule has 1 rings (SSSR count). The molecule has 0 bridgehead atoms. The molecule has 1 aliphatic heterocycles. The molecule has 1 heterocycles. The Hall–Kier alpha value is -0.160. The van der Waals surface area contributed by atoms with E-state index in [-0.39, 0.29) is 6.10 Å². The van der Waals surface area contributed by atoms with Crippen LogP contribution in [0.5, 0.6) is 0 Å². The monoisotopic (exact) mass is 204 g/mol. The van der Waals surface area contributed by atoms with Crippen molar-refractivity contribution in [3.8, 4) is 0 Å². The first-order valence-corrected chi connectivity index (χ1v) is 5.12. The number of ether oxygens (including phenoxy) is 2. The molecule has 2 N–H and O–H groups in total. The molecule has 14 heavy (non-hydrogen) atoms. The highest BCUT2D eigenvalue weighted by Gasteiger charge is 2.47. The second-order valence-corrected chi connectivity index (χ2v) is 3.96. The summed E-state index contributed by atoms with van der Waals surface area (Å²) in [4.78, 5) is 0. The maximum atomic E-state index is 9.98. The minimum Gasteiger partial charge on any atom is -0.387 e. The minimum atomic E-state index is -0.833. The number of methoxy groups -OCH3 is 1. The zero-order valence-electron chi connectivity index (χ0n) is 9.06. The van der Waals surface area contributed by atoms with Crippen LogP contribution in [0.15, 0.2) is 0 Å². The highest BCUT2D eigenvalue weighted by atomic mass is 16.6. The van der Waals surface area contributed by atoms with E-state index in [0.29, 0.717) is 6.42 Å². The first-order chi connectivity index (χ1) is 6.55. The van der Waals surface area contributed by atoms with Crippen LogP contribution in [0.3, 0.4) is 0 Å². The molecule has 0 radical (unpaired) electrons. The molecule has 0 aromatic heterocycles. The van der Waals surface area contributed by atoms with Gasteiger partial charge < -0.3 is 19.7 Å². The number of aliphatic hydroxyl groups excluding tert-OH is 2. The van der Waals surface area contributed by atoms with Gasteiger partial charge in [0.15, 0.2) is 6.29 Å². The van der Waals surface area contributed by atoms with Gasteiger partial charge in [0.1, 0.15) is 11.7 Å². The molecule has 0 saturated carbocycles. The zero-order chi connectivity index (χ0) is 10.8. The van der Waals surface area contributed by atoms with Crippen molar-refractivity contribution in [2.24, 2.45) is 0 Å². The van der Waals surface area contributed by atoms with Crippen molar-refractivity contribution in [2.75, 3.05) is 7.11 Å². The van der Waals surface area contributed by atoms with E-state index in [9.17, 15) is 10.2 Å². The fraction of sp³-hybridized carbons (Fsp3) is 1.00. The quantitative estimate of drug-likeness (QED) is 0.709. The topological polar surface area (TPSA) is 58.9 Å². The predicted octanol–water partition coefficient (Wildman–Crippen LogP) is 0.660. The van der Waals surface area contributed by atoms with Gasteiger partial charge >= 0.3 is 0 Å². The molecule has 0 aromatic carbocycles. The van der Waals surface area contributed by atoms with Gasteiger partial charge in [-0.2, -0.15) is 0 Å². The van der Waals surface area contributed by atoms with E-state index in [1.807, 2.05) is 6.92 Å². The van der Waals surface area contributed by atoms with Crippen LogP contribution in [0.2, 0.25) is 0 Å². The van der Waals surface area contributed by atoms with Crippen LogP contribution >= 0.6 is 0 Å². The Bertz CT molecular complexity index is 185. The Morgan fingerprint density at radius 1 is 1.50 bits per heavy atom. The van der Waals surface area contributed by atoms with Gasteiger partial charge in [-0.05, 0) is 13.3 Å². The van der Waals surface area contributed by atoms with Gasteiger partial charge in [-0.3, -0.25) is 0 Å². The molecular weight excluding hydrogens is 184 g/mol. The third-order valence-electron chi connectivity index (χ3n) is 2.96. The minimum absolute atomic E-state index is 0.336. The van der Waals surface area contributed by atoms with Crippen molar-refractivity contribution in [3.63, 3.8) is 0 Å². The largest absolute Gasteiger partial charge is 0.387 e. The van der Waals surface area contributed by atoms with Crippen LogP contribution in [0.25, 0.3) is 0 Å². The van der Waals surface area contributed by atoms with Crippen LogP contribution in [0, 0.1) is 0 Å². The van der Waals surface area contributed by atoms with Gasteiger partial charge in [-0.1, -0.05) is 13.3 Å². The van der Waals surface area contributed by atoms with Gasteiger partial charge in [-0.25, -0.2) is 0 Å². The highest BCUT2D eigenvalue weighted by Crippen LogP contribution is 2.34. The third-order valence-corrected chi connectivity index (χ3v) is 2.96. The molecule has 0 aromatic rings. The predicted molar refractivity (Wildman–Crippen MR) is 51.8 cm³/mol. The Kier molecular flexibility index (Phi) is 3.89. The van der Waals surface area contributed by atoms with Crippen molar-refractivity contribution in [2.45, 2.75) is 57.2 Å². The number of aliphatic hydroxyl groups is 2. The van der Waals surface area contributed by atoms with Crippen LogP contribution in [-0.2, 0) is 9.47 Å². The molecule has 0 spiro atoms. The Balaban J connectivity index is 2.79. The lowest BCUT2D eigenvalue weighted by Crippen LogP contribution is -2.57. The fourth-order valence-electron chi connectivity index (χ4n) is 2.19. The maximum absolute atomic E-state index is 9.98. The van der Waals surface area contributed by atoms with Gasteiger partial charge in [0.25, 0.3) is 0 Å². The molecule has 0 aliphatic carbocycles. The standard InChI is InChI=1S/C10H20O4/c1-4-5-10(13-3)6-8(11)14-7(2)9(10)12/h7-9,11-12H,4-6H2,1-3H3. The fourth-order valence-corrected chi connectivity index (χ4v) is 2.19.